The molecule has 0 saturated heterocycles. The molecule has 3 N–H and O–H groups in total. The molecule has 1 aliphatic carbocycles. The zero-order chi connectivity index (χ0) is 17.6. The van der Waals surface area contributed by atoms with Gasteiger partial charge in [-0.1, -0.05) is 19.3 Å². The number of aryl methyl sites for hydroxylation is 1. The minimum atomic E-state index is -0.231. The van der Waals surface area contributed by atoms with Crippen LogP contribution in [0.1, 0.15) is 51.5 Å². The molecule has 0 unspecified atom stereocenters. The van der Waals surface area contributed by atoms with E-state index in [1.165, 1.54) is 6.42 Å². The highest BCUT2D eigenvalue weighted by Gasteiger charge is 2.31. The summed E-state index contributed by atoms with van der Waals surface area (Å²) in [5.41, 5.74) is 1.57. The molecule has 1 fully saturated rings. The third kappa shape index (κ3) is 5.13. The molecule has 1 aliphatic rings. The first-order valence-electron chi connectivity index (χ1n) is 8.87. The molecular formula is C19H30N2O3. The van der Waals surface area contributed by atoms with E-state index in [2.05, 4.69) is 10.6 Å². The molecule has 1 aromatic carbocycles. The van der Waals surface area contributed by atoms with Crippen molar-refractivity contribution in [3.05, 3.63) is 23.8 Å². The number of carbonyl (C=O) groups excluding carboxylic acids is 1. The molecule has 0 heterocycles. The van der Waals surface area contributed by atoms with Crippen LogP contribution in [0.4, 0.5) is 10.5 Å². The van der Waals surface area contributed by atoms with E-state index in [0.717, 1.165) is 42.7 Å². The van der Waals surface area contributed by atoms with Crippen molar-refractivity contribution >= 4 is 11.7 Å². The molecule has 0 aliphatic heterocycles. The molecule has 2 amide bonds. The number of carbonyl (C=O) groups is 1. The van der Waals surface area contributed by atoms with Crippen molar-refractivity contribution in [2.75, 3.05) is 18.5 Å². The highest BCUT2D eigenvalue weighted by molar-refractivity contribution is 5.89. The Balaban J connectivity index is 1.89. The van der Waals surface area contributed by atoms with Crippen molar-refractivity contribution in [1.29, 1.82) is 0 Å². The van der Waals surface area contributed by atoms with Crippen LogP contribution >= 0.6 is 0 Å². The monoisotopic (exact) mass is 334 g/mol. The highest BCUT2D eigenvalue weighted by Crippen LogP contribution is 2.35. The van der Waals surface area contributed by atoms with Crippen LogP contribution in [0.3, 0.4) is 0 Å². The molecule has 0 radical (unpaired) electrons. The Hall–Kier alpha value is -1.75. The van der Waals surface area contributed by atoms with Gasteiger partial charge in [0.2, 0.25) is 0 Å². The van der Waals surface area contributed by atoms with Gasteiger partial charge in [-0.25, -0.2) is 4.79 Å². The van der Waals surface area contributed by atoms with Crippen LogP contribution in [0.25, 0.3) is 0 Å². The van der Waals surface area contributed by atoms with Crippen LogP contribution in [-0.4, -0.2) is 30.4 Å². The molecule has 0 spiro atoms. The van der Waals surface area contributed by atoms with Gasteiger partial charge >= 0.3 is 6.03 Å². The molecule has 5 nitrogen and oxygen atoms in total. The number of anilines is 1. The van der Waals surface area contributed by atoms with Crippen LogP contribution in [-0.2, 0) is 0 Å². The fourth-order valence-electron chi connectivity index (χ4n) is 3.25. The van der Waals surface area contributed by atoms with Gasteiger partial charge in [-0.2, -0.15) is 0 Å². The van der Waals surface area contributed by atoms with Crippen LogP contribution in [0, 0.1) is 12.3 Å². The van der Waals surface area contributed by atoms with Crippen molar-refractivity contribution in [1.82, 2.24) is 5.32 Å². The fourth-order valence-corrected chi connectivity index (χ4v) is 3.25. The third-order valence-electron chi connectivity index (χ3n) is 4.67. The summed E-state index contributed by atoms with van der Waals surface area (Å²) in [4.78, 5) is 12.2. The summed E-state index contributed by atoms with van der Waals surface area (Å²) in [6.07, 6.45) is 5.54. The topological polar surface area (TPSA) is 70.6 Å². The van der Waals surface area contributed by atoms with Gasteiger partial charge in [0.25, 0.3) is 0 Å². The van der Waals surface area contributed by atoms with Crippen LogP contribution in [0.15, 0.2) is 18.2 Å². The van der Waals surface area contributed by atoms with E-state index in [9.17, 15) is 9.90 Å². The van der Waals surface area contributed by atoms with Crippen molar-refractivity contribution in [2.45, 2.75) is 59.0 Å². The Morgan fingerprint density at radius 2 is 2.00 bits per heavy atom. The van der Waals surface area contributed by atoms with Gasteiger partial charge in [0.05, 0.1) is 12.7 Å². The standard InChI is InChI=1S/C19H30N2O3/c1-14(2)24-17-8-7-16(11-15(17)3)21-18(23)20-12-19(13-22)9-5-4-6-10-19/h7-8,11,14,22H,4-6,9-10,12-13H2,1-3H3,(H2,20,21,23). The maximum atomic E-state index is 12.2. The predicted molar refractivity (Wildman–Crippen MR) is 96.6 cm³/mol. The van der Waals surface area contributed by atoms with E-state index in [0.29, 0.717) is 6.54 Å². The predicted octanol–water partition coefficient (Wildman–Crippen LogP) is 3.85. The Morgan fingerprint density at radius 3 is 2.58 bits per heavy atom. The molecule has 2 rings (SSSR count). The molecule has 24 heavy (non-hydrogen) atoms. The number of hydrogen-bond donors (Lipinski definition) is 3. The summed E-state index contributed by atoms with van der Waals surface area (Å²) >= 11 is 0. The third-order valence-corrected chi connectivity index (χ3v) is 4.67. The number of ether oxygens (including phenoxy) is 1. The van der Waals surface area contributed by atoms with Crippen molar-refractivity contribution in [2.24, 2.45) is 5.41 Å². The van der Waals surface area contributed by atoms with Crippen molar-refractivity contribution in [3.63, 3.8) is 0 Å². The maximum Gasteiger partial charge on any atom is 0.319 e. The summed E-state index contributed by atoms with van der Waals surface area (Å²) in [6.45, 7) is 6.59. The number of nitrogens with one attached hydrogen (secondary N) is 2. The van der Waals surface area contributed by atoms with Crippen LogP contribution < -0.4 is 15.4 Å². The Bertz CT molecular complexity index is 552. The largest absolute Gasteiger partial charge is 0.491 e. The van der Waals surface area contributed by atoms with E-state index in [1.807, 2.05) is 39.0 Å². The quantitative estimate of drug-likeness (QED) is 0.740. The molecular weight excluding hydrogens is 304 g/mol. The lowest BCUT2D eigenvalue weighted by Crippen LogP contribution is -2.42. The van der Waals surface area contributed by atoms with Gasteiger partial charge in [0, 0.05) is 17.6 Å². The van der Waals surface area contributed by atoms with Gasteiger partial charge < -0.3 is 20.5 Å². The van der Waals surface area contributed by atoms with Crippen LogP contribution in [0.2, 0.25) is 0 Å². The number of urea groups is 1. The van der Waals surface area contributed by atoms with Gasteiger partial charge in [0.1, 0.15) is 5.75 Å². The molecule has 0 atom stereocenters. The first-order valence-corrected chi connectivity index (χ1v) is 8.87. The number of aliphatic hydroxyl groups is 1. The lowest BCUT2D eigenvalue weighted by atomic mass is 9.74. The maximum absolute atomic E-state index is 12.2. The fraction of sp³-hybridized carbons (Fsp3) is 0.632. The van der Waals surface area contributed by atoms with Crippen LogP contribution in [0.5, 0.6) is 5.75 Å². The SMILES string of the molecule is Cc1cc(NC(=O)NCC2(CO)CCCCC2)ccc1OC(C)C. The molecule has 1 aromatic rings. The average molecular weight is 334 g/mol. The first kappa shape index (κ1) is 18.6. The zero-order valence-electron chi connectivity index (χ0n) is 15.0. The Labute approximate surface area is 144 Å². The number of amides is 2. The number of aliphatic hydroxyl groups excluding tert-OH is 1. The van der Waals surface area contributed by atoms with E-state index >= 15 is 0 Å². The smallest absolute Gasteiger partial charge is 0.319 e. The summed E-state index contributed by atoms with van der Waals surface area (Å²) in [5, 5.41) is 15.5. The number of benzene rings is 1. The second-order valence-corrected chi connectivity index (χ2v) is 7.17. The van der Waals surface area contributed by atoms with E-state index in [4.69, 9.17) is 4.74 Å². The molecule has 134 valence electrons. The lowest BCUT2D eigenvalue weighted by Gasteiger charge is -2.35. The molecule has 0 bridgehead atoms. The van der Waals surface area contributed by atoms with Gasteiger partial charge in [0.15, 0.2) is 0 Å². The molecule has 5 heteroatoms. The minimum absolute atomic E-state index is 0.121. The highest BCUT2D eigenvalue weighted by atomic mass is 16.5. The van der Waals surface area contributed by atoms with Gasteiger partial charge in [-0.15, -0.1) is 0 Å². The van der Waals surface area contributed by atoms with Gasteiger partial charge in [-0.3, -0.25) is 0 Å². The zero-order valence-corrected chi connectivity index (χ0v) is 15.0. The number of hydrogen-bond acceptors (Lipinski definition) is 3. The number of rotatable bonds is 6. The first-order chi connectivity index (χ1) is 11.4. The average Bonchev–Trinajstić information content (AvgIpc) is 2.56. The van der Waals surface area contributed by atoms with E-state index < -0.39 is 0 Å². The van der Waals surface area contributed by atoms with Gasteiger partial charge in [-0.05, 0) is 57.4 Å². The van der Waals surface area contributed by atoms with Crippen molar-refractivity contribution in [3.8, 4) is 5.75 Å². The Morgan fingerprint density at radius 1 is 1.29 bits per heavy atom. The minimum Gasteiger partial charge on any atom is -0.491 e. The summed E-state index contributed by atoms with van der Waals surface area (Å²) in [6, 6.07) is 5.39. The molecule has 1 saturated carbocycles. The molecule has 0 aromatic heterocycles. The summed E-state index contributed by atoms with van der Waals surface area (Å²) in [7, 11) is 0. The second kappa shape index (κ2) is 8.38. The van der Waals surface area contributed by atoms with E-state index in [-0.39, 0.29) is 24.2 Å². The van der Waals surface area contributed by atoms with E-state index in [1.54, 1.807) is 0 Å². The summed E-state index contributed by atoms with van der Waals surface area (Å²) < 4.78 is 5.70. The normalized spacial score (nSPS) is 16.7. The second-order valence-electron chi connectivity index (χ2n) is 7.17. The summed E-state index contributed by atoms with van der Waals surface area (Å²) in [5.74, 6) is 0.831. The lowest BCUT2D eigenvalue weighted by molar-refractivity contribution is 0.0840. The van der Waals surface area contributed by atoms with Crippen molar-refractivity contribution < 1.29 is 14.6 Å². The Kier molecular flexibility index (Phi) is 6.49.